The van der Waals surface area contributed by atoms with Crippen LogP contribution in [0.25, 0.3) is 5.82 Å². The lowest BCUT2D eigenvalue weighted by atomic mass is 10.2. The Hall–Kier alpha value is -2.44. The Morgan fingerprint density at radius 1 is 1.50 bits per heavy atom. The molecule has 0 bridgehead atoms. The minimum absolute atomic E-state index is 0.0722. The first-order valence-corrected chi connectivity index (χ1v) is 6.46. The second-order valence-electron chi connectivity index (χ2n) is 4.51. The lowest BCUT2D eigenvalue weighted by Crippen LogP contribution is -2.27. The number of amides is 1. The molecule has 0 unspecified atom stereocenters. The molecular weight excluding hydrogens is 258 g/mol. The van der Waals surface area contributed by atoms with Gasteiger partial charge in [0.1, 0.15) is 18.5 Å². The van der Waals surface area contributed by atoms with Gasteiger partial charge in [-0.05, 0) is 13.3 Å². The van der Waals surface area contributed by atoms with Gasteiger partial charge in [0.05, 0.1) is 12.1 Å². The van der Waals surface area contributed by atoms with Crippen LogP contribution in [-0.2, 0) is 11.3 Å². The van der Waals surface area contributed by atoms with Crippen LogP contribution in [-0.4, -0.2) is 25.7 Å². The Labute approximate surface area is 116 Å². The second kappa shape index (κ2) is 6.14. The number of pyridine rings is 1. The molecule has 2 aromatic rings. The fourth-order valence-corrected chi connectivity index (χ4v) is 1.89. The molecule has 7 heteroatoms. The molecule has 1 amide bonds. The molecule has 2 N–H and O–H groups in total. The molecule has 0 aliphatic heterocycles. The molecule has 0 aliphatic rings. The summed E-state index contributed by atoms with van der Waals surface area (Å²) in [4.78, 5) is 30.6. The number of aryl methyl sites for hydroxylation is 1. The number of hydrogen-bond acceptors (Lipinski definition) is 4. The van der Waals surface area contributed by atoms with E-state index >= 15 is 0 Å². The normalized spacial score (nSPS) is 10.5. The van der Waals surface area contributed by atoms with Crippen molar-refractivity contribution in [3.05, 3.63) is 40.2 Å². The predicted molar refractivity (Wildman–Crippen MR) is 73.5 cm³/mol. The Morgan fingerprint density at radius 2 is 2.30 bits per heavy atom. The van der Waals surface area contributed by atoms with E-state index in [0.717, 1.165) is 12.1 Å². The monoisotopic (exact) mass is 275 g/mol. The number of H-pyrrole nitrogens is 1. The van der Waals surface area contributed by atoms with Gasteiger partial charge in [-0.25, -0.2) is 9.67 Å². The van der Waals surface area contributed by atoms with Gasteiger partial charge in [0, 0.05) is 18.2 Å². The third-order valence-corrected chi connectivity index (χ3v) is 2.83. The van der Waals surface area contributed by atoms with Crippen molar-refractivity contribution in [2.75, 3.05) is 0 Å². The SMILES string of the molecule is CCCC(=O)NCc1c(-n2cncn2)[nH]c(C)cc1=O. The molecule has 0 aromatic carbocycles. The van der Waals surface area contributed by atoms with Crippen LogP contribution in [0.2, 0.25) is 0 Å². The molecule has 0 saturated heterocycles. The van der Waals surface area contributed by atoms with Crippen molar-refractivity contribution in [2.24, 2.45) is 0 Å². The Bertz CT molecular complexity index is 645. The number of nitrogens with one attached hydrogen (secondary N) is 2. The van der Waals surface area contributed by atoms with Crippen molar-refractivity contribution in [1.82, 2.24) is 25.1 Å². The molecule has 0 atom stereocenters. The summed E-state index contributed by atoms with van der Waals surface area (Å²) in [5.74, 6) is 0.460. The highest BCUT2D eigenvalue weighted by Crippen LogP contribution is 2.07. The van der Waals surface area contributed by atoms with Crippen LogP contribution in [0.5, 0.6) is 0 Å². The smallest absolute Gasteiger partial charge is 0.220 e. The average Bonchev–Trinajstić information content (AvgIpc) is 2.91. The summed E-state index contributed by atoms with van der Waals surface area (Å²) in [7, 11) is 0. The molecule has 0 radical (unpaired) electrons. The van der Waals surface area contributed by atoms with E-state index in [2.05, 4.69) is 20.4 Å². The molecule has 0 fully saturated rings. The zero-order valence-corrected chi connectivity index (χ0v) is 11.5. The highest BCUT2D eigenvalue weighted by atomic mass is 16.1. The van der Waals surface area contributed by atoms with Crippen LogP contribution in [0.4, 0.5) is 0 Å². The summed E-state index contributed by atoms with van der Waals surface area (Å²) in [5.41, 5.74) is 1.05. The minimum Gasteiger partial charge on any atom is -0.352 e. The summed E-state index contributed by atoms with van der Waals surface area (Å²) >= 11 is 0. The Balaban J connectivity index is 2.32. The first kappa shape index (κ1) is 14.0. The van der Waals surface area contributed by atoms with Crippen LogP contribution < -0.4 is 10.7 Å². The number of carbonyl (C=O) groups is 1. The van der Waals surface area contributed by atoms with Gasteiger partial charge in [-0.1, -0.05) is 6.92 Å². The van der Waals surface area contributed by atoms with Crippen molar-refractivity contribution in [3.8, 4) is 5.82 Å². The van der Waals surface area contributed by atoms with Gasteiger partial charge in [-0.15, -0.1) is 0 Å². The van der Waals surface area contributed by atoms with Crippen LogP contribution in [0, 0.1) is 6.92 Å². The van der Waals surface area contributed by atoms with Gasteiger partial charge in [0.2, 0.25) is 5.91 Å². The van der Waals surface area contributed by atoms with Crippen molar-refractivity contribution >= 4 is 5.91 Å². The van der Waals surface area contributed by atoms with E-state index < -0.39 is 0 Å². The molecule has 0 aliphatic carbocycles. The molecule has 2 rings (SSSR count). The summed E-state index contributed by atoms with van der Waals surface area (Å²) in [5, 5.41) is 6.76. The number of carbonyl (C=O) groups excluding carboxylic acids is 1. The molecule has 0 spiro atoms. The van der Waals surface area contributed by atoms with Crippen molar-refractivity contribution in [1.29, 1.82) is 0 Å². The summed E-state index contributed by atoms with van der Waals surface area (Å²) < 4.78 is 1.48. The van der Waals surface area contributed by atoms with E-state index in [-0.39, 0.29) is 17.9 Å². The maximum atomic E-state index is 12.1. The fraction of sp³-hybridized carbons (Fsp3) is 0.385. The van der Waals surface area contributed by atoms with Crippen molar-refractivity contribution < 1.29 is 4.79 Å². The second-order valence-corrected chi connectivity index (χ2v) is 4.51. The number of nitrogens with zero attached hydrogens (tertiary/aromatic N) is 3. The maximum absolute atomic E-state index is 12.1. The number of hydrogen-bond donors (Lipinski definition) is 2. The Kier molecular flexibility index (Phi) is 4.29. The zero-order chi connectivity index (χ0) is 14.5. The molecule has 2 heterocycles. The third kappa shape index (κ3) is 3.11. The summed E-state index contributed by atoms with van der Waals surface area (Å²) in [6, 6.07) is 1.50. The molecular formula is C13H17N5O2. The Morgan fingerprint density at radius 3 is 2.95 bits per heavy atom. The zero-order valence-electron chi connectivity index (χ0n) is 11.5. The van der Waals surface area contributed by atoms with Gasteiger partial charge in [-0.2, -0.15) is 5.10 Å². The fourth-order valence-electron chi connectivity index (χ4n) is 1.89. The van der Waals surface area contributed by atoms with Crippen LogP contribution in [0.1, 0.15) is 31.0 Å². The average molecular weight is 275 g/mol. The molecule has 7 nitrogen and oxygen atoms in total. The quantitative estimate of drug-likeness (QED) is 0.839. The molecule has 106 valence electrons. The highest BCUT2D eigenvalue weighted by Gasteiger charge is 2.12. The molecule has 20 heavy (non-hydrogen) atoms. The topological polar surface area (TPSA) is 92.7 Å². The minimum atomic E-state index is -0.136. The molecule has 0 saturated carbocycles. The first-order valence-electron chi connectivity index (χ1n) is 6.46. The first-order chi connectivity index (χ1) is 9.61. The van der Waals surface area contributed by atoms with E-state index in [1.807, 2.05) is 6.92 Å². The number of rotatable bonds is 5. The van der Waals surface area contributed by atoms with E-state index in [9.17, 15) is 9.59 Å². The van der Waals surface area contributed by atoms with Crippen LogP contribution >= 0.6 is 0 Å². The predicted octanol–water partition coefficient (Wildman–Crippen LogP) is 0.680. The maximum Gasteiger partial charge on any atom is 0.220 e. The molecule has 2 aromatic heterocycles. The van der Waals surface area contributed by atoms with Gasteiger partial charge in [0.15, 0.2) is 5.43 Å². The standard InChI is InChI=1S/C13H17N5O2/c1-3-4-12(20)15-6-10-11(19)5-9(2)17-13(10)18-8-14-7-16-18/h5,7-8H,3-4,6H2,1-2H3,(H,15,20)(H,17,19). The lowest BCUT2D eigenvalue weighted by Gasteiger charge is -2.10. The number of aromatic amines is 1. The van der Waals surface area contributed by atoms with Gasteiger partial charge in [0.25, 0.3) is 0 Å². The van der Waals surface area contributed by atoms with Gasteiger partial charge in [-0.3, -0.25) is 9.59 Å². The van der Waals surface area contributed by atoms with E-state index in [1.54, 1.807) is 6.92 Å². The van der Waals surface area contributed by atoms with E-state index in [0.29, 0.717) is 17.8 Å². The summed E-state index contributed by atoms with van der Waals surface area (Å²) in [6.07, 6.45) is 4.11. The van der Waals surface area contributed by atoms with Gasteiger partial charge >= 0.3 is 0 Å². The largest absolute Gasteiger partial charge is 0.352 e. The van der Waals surface area contributed by atoms with E-state index in [4.69, 9.17) is 0 Å². The third-order valence-electron chi connectivity index (χ3n) is 2.83. The number of aromatic nitrogens is 4. The van der Waals surface area contributed by atoms with E-state index in [1.165, 1.54) is 23.4 Å². The van der Waals surface area contributed by atoms with Crippen molar-refractivity contribution in [2.45, 2.75) is 33.2 Å². The summed E-state index contributed by atoms with van der Waals surface area (Å²) in [6.45, 7) is 3.89. The van der Waals surface area contributed by atoms with Crippen LogP contribution in [0.3, 0.4) is 0 Å². The van der Waals surface area contributed by atoms with Crippen molar-refractivity contribution in [3.63, 3.8) is 0 Å². The van der Waals surface area contributed by atoms with Gasteiger partial charge < -0.3 is 10.3 Å². The lowest BCUT2D eigenvalue weighted by molar-refractivity contribution is -0.121. The van der Waals surface area contributed by atoms with Crippen LogP contribution in [0.15, 0.2) is 23.5 Å². The highest BCUT2D eigenvalue weighted by molar-refractivity contribution is 5.75.